The zero-order chi connectivity index (χ0) is 16.8. The Kier molecular flexibility index (Phi) is 3.85. The van der Waals surface area contributed by atoms with Gasteiger partial charge in [0.1, 0.15) is 11.2 Å². The molecular formula is C19H23N3OS. The van der Waals surface area contributed by atoms with Crippen LogP contribution in [0.3, 0.4) is 0 Å². The molecule has 1 atom stereocenters. The molecular weight excluding hydrogens is 318 g/mol. The number of hydrogen-bond donors (Lipinski definition) is 2. The summed E-state index contributed by atoms with van der Waals surface area (Å²) in [6.45, 7) is 8.52. The van der Waals surface area contributed by atoms with Gasteiger partial charge in [-0.25, -0.2) is 0 Å². The van der Waals surface area contributed by atoms with Crippen LogP contribution in [-0.2, 0) is 13.0 Å². The Morgan fingerprint density at radius 1 is 1.21 bits per heavy atom. The van der Waals surface area contributed by atoms with Crippen LogP contribution in [0.5, 0.6) is 0 Å². The van der Waals surface area contributed by atoms with Gasteiger partial charge < -0.3 is 10.6 Å². The van der Waals surface area contributed by atoms with Crippen molar-refractivity contribution >= 4 is 22.2 Å². The molecule has 1 unspecified atom stereocenters. The highest BCUT2D eigenvalue weighted by Crippen LogP contribution is 2.41. The van der Waals surface area contributed by atoms with Crippen LogP contribution >= 0.6 is 11.3 Å². The van der Waals surface area contributed by atoms with Crippen molar-refractivity contribution in [2.24, 2.45) is 0 Å². The summed E-state index contributed by atoms with van der Waals surface area (Å²) >= 11 is 1.75. The molecule has 4 nitrogen and oxygen atoms in total. The van der Waals surface area contributed by atoms with E-state index in [1.807, 2.05) is 0 Å². The van der Waals surface area contributed by atoms with Crippen molar-refractivity contribution in [3.63, 3.8) is 0 Å². The topological polar surface area (TPSA) is 44.4 Å². The molecule has 0 saturated heterocycles. The Morgan fingerprint density at radius 3 is 2.67 bits per heavy atom. The smallest absolute Gasteiger partial charge is 0.256 e. The van der Waals surface area contributed by atoms with Crippen molar-refractivity contribution in [2.75, 3.05) is 11.9 Å². The zero-order valence-electron chi connectivity index (χ0n) is 14.3. The number of rotatable bonds is 2. The first kappa shape index (κ1) is 15.7. The van der Waals surface area contributed by atoms with Crippen molar-refractivity contribution in [3.8, 4) is 0 Å². The lowest BCUT2D eigenvalue weighted by atomic mass is 9.99. The summed E-state index contributed by atoms with van der Waals surface area (Å²) < 4.78 is 0. The first-order valence-electron chi connectivity index (χ1n) is 8.55. The van der Waals surface area contributed by atoms with Crippen LogP contribution in [0.4, 0.5) is 5.00 Å². The van der Waals surface area contributed by atoms with Crippen molar-refractivity contribution in [2.45, 2.75) is 45.9 Å². The number of aryl methyl sites for hydroxylation is 1. The number of hydrogen-bond acceptors (Lipinski definition) is 4. The van der Waals surface area contributed by atoms with Gasteiger partial charge in [-0.1, -0.05) is 29.8 Å². The van der Waals surface area contributed by atoms with Crippen LogP contribution < -0.4 is 10.6 Å². The summed E-state index contributed by atoms with van der Waals surface area (Å²) in [5, 5.41) is 7.68. The fourth-order valence-electron chi connectivity index (χ4n) is 3.50. The Labute approximate surface area is 146 Å². The molecule has 1 amide bonds. The maximum atomic E-state index is 12.7. The third kappa shape index (κ3) is 2.62. The highest BCUT2D eigenvalue weighted by molar-refractivity contribution is 7.16. The van der Waals surface area contributed by atoms with Crippen LogP contribution in [0.15, 0.2) is 24.3 Å². The average molecular weight is 341 g/mol. The molecule has 1 aromatic heterocycles. The van der Waals surface area contributed by atoms with Gasteiger partial charge in [-0.2, -0.15) is 0 Å². The number of carbonyl (C=O) groups is 1. The molecule has 0 saturated carbocycles. The maximum absolute atomic E-state index is 12.7. The Hall–Kier alpha value is -1.85. The van der Waals surface area contributed by atoms with Crippen molar-refractivity contribution < 1.29 is 4.79 Å². The molecule has 2 aliphatic heterocycles. The summed E-state index contributed by atoms with van der Waals surface area (Å²) in [6, 6.07) is 8.86. The fourth-order valence-corrected chi connectivity index (χ4v) is 4.80. The minimum atomic E-state index is -0.146. The van der Waals surface area contributed by atoms with E-state index in [4.69, 9.17) is 0 Å². The molecule has 0 aliphatic carbocycles. The molecule has 0 fully saturated rings. The van der Waals surface area contributed by atoms with Crippen LogP contribution in [0.25, 0.3) is 0 Å². The third-order valence-electron chi connectivity index (χ3n) is 5.01. The van der Waals surface area contributed by atoms with E-state index in [1.165, 1.54) is 16.0 Å². The second-order valence-electron chi connectivity index (χ2n) is 6.98. The lowest BCUT2D eigenvalue weighted by Gasteiger charge is -2.31. The van der Waals surface area contributed by atoms with Gasteiger partial charge in [0, 0.05) is 24.0 Å². The lowest BCUT2D eigenvalue weighted by Crippen LogP contribution is -2.39. The van der Waals surface area contributed by atoms with Crippen LogP contribution in [0, 0.1) is 6.92 Å². The molecule has 2 aliphatic rings. The second kappa shape index (κ2) is 5.90. The minimum Gasteiger partial charge on any atom is -0.353 e. The van der Waals surface area contributed by atoms with Gasteiger partial charge in [-0.05, 0) is 38.3 Å². The van der Waals surface area contributed by atoms with E-state index >= 15 is 0 Å². The SMILES string of the molecule is Cc1ccc(C2NC(=O)c3c(sc4c3CCN(C(C)C)C4)N2)cc1. The number of anilines is 1. The number of amides is 1. The summed E-state index contributed by atoms with van der Waals surface area (Å²) in [5.41, 5.74) is 4.44. The Morgan fingerprint density at radius 2 is 1.96 bits per heavy atom. The molecule has 126 valence electrons. The summed E-state index contributed by atoms with van der Waals surface area (Å²) in [4.78, 5) is 16.5. The number of fused-ring (bicyclic) bond motifs is 3. The largest absolute Gasteiger partial charge is 0.353 e. The van der Waals surface area contributed by atoms with Crippen LogP contribution in [0.1, 0.15) is 51.9 Å². The van der Waals surface area contributed by atoms with Gasteiger partial charge in [0.25, 0.3) is 5.91 Å². The van der Waals surface area contributed by atoms with E-state index in [0.29, 0.717) is 6.04 Å². The van der Waals surface area contributed by atoms with E-state index < -0.39 is 0 Å². The van der Waals surface area contributed by atoms with E-state index in [2.05, 4.69) is 60.6 Å². The molecule has 2 N–H and O–H groups in total. The van der Waals surface area contributed by atoms with Crippen LogP contribution in [0.2, 0.25) is 0 Å². The minimum absolute atomic E-state index is 0.0600. The van der Waals surface area contributed by atoms with E-state index in [1.54, 1.807) is 11.3 Å². The zero-order valence-corrected chi connectivity index (χ0v) is 15.2. The lowest BCUT2D eigenvalue weighted by molar-refractivity contribution is 0.0934. The number of nitrogens with zero attached hydrogens (tertiary/aromatic N) is 1. The van der Waals surface area contributed by atoms with Gasteiger partial charge in [-0.15, -0.1) is 11.3 Å². The molecule has 24 heavy (non-hydrogen) atoms. The average Bonchev–Trinajstić information content (AvgIpc) is 2.93. The Balaban J connectivity index is 1.65. The van der Waals surface area contributed by atoms with E-state index in [9.17, 15) is 4.79 Å². The number of benzene rings is 1. The van der Waals surface area contributed by atoms with Crippen LogP contribution in [-0.4, -0.2) is 23.4 Å². The summed E-state index contributed by atoms with van der Waals surface area (Å²) in [6.07, 6.45) is 0.816. The second-order valence-corrected chi connectivity index (χ2v) is 8.09. The molecule has 2 aromatic rings. The molecule has 1 aromatic carbocycles. The first-order chi connectivity index (χ1) is 11.5. The predicted molar refractivity (Wildman–Crippen MR) is 98.6 cm³/mol. The highest BCUT2D eigenvalue weighted by atomic mass is 32.1. The number of nitrogens with one attached hydrogen (secondary N) is 2. The molecule has 0 bridgehead atoms. The van der Waals surface area contributed by atoms with Gasteiger partial charge in [0.2, 0.25) is 0 Å². The molecule has 4 rings (SSSR count). The molecule has 5 heteroatoms. The number of thiophene rings is 1. The standard InChI is InChI=1S/C19H23N3OS/c1-11(2)22-9-8-14-15(10-22)24-19-16(14)18(23)20-17(21-19)13-6-4-12(3)5-7-13/h4-7,11,17,21H,8-10H2,1-3H3,(H,20,23). The Bertz CT molecular complexity index is 779. The summed E-state index contributed by atoms with van der Waals surface area (Å²) in [7, 11) is 0. The monoisotopic (exact) mass is 341 g/mol. The van der Waals surface area contributed by atoms with Gasteiger partial charge >= 0.3 is 0 Å². The molecule has 3 heterocycles. The molecule has 0 radical (unpaired) electrons. The van der Waals surface area contributed by atoms with Crippen molar-refractivity contribution in [1.82, 2.24) is 10.2 Å². The van der Waals surface area contributed by atoms with Crippen molar-refractivity contribution in [1.29, 1.82) is 0 Å². The quantitative estimate of drug-likeness (QED) is 0.876. The van der Waals surface area contributed by atoms with Crippen molar-refractivity contribution in [3.05, 3.63) is 51.4 Å². The first-order valence-corrected chi connectivity index (χ1v) is 9.37. The predicted octanol–water partition coefficient (Wildman–Crippen LogP) is 3.68. The summed E-state index contributed by atoms with van der Waals surface area (Å²) in [5.74, 6) is 0.0600. The van der Waals surface area contributed by atoms with E-state index in [-0.39, 0.29) is 12.1 Å². The fraction of sp³-hybridized carbons (Fsp3) is 0.421. The normalized spacial score (nSPS) is 20.3. The maximum Gasteiger partial charge on any atom is 0.256 e. The highest BCUT2D eigenvalue weighted by Gasteiger charge is 2.33. The third-order valence-corrected chi connectivity index (χ3v) is 6.15. The number of carbonyl (C=O) groups excluding carboxylic acids is 1. The van der Waals surface area contributed by atoms with E-state index in [0.717, 1.165) is 35.6 Å². The molecule has 0 spiro atoms. The van der Waals surface area contributed by atoms with Gasteiger partial charge in [-0.3, -0.25) is 9.69 Å². The van der Waals surface area contributed by atoms with Gasteiger partial charge in [0.05, 0.1) is 5.56 Å². The van der Waals surface area contributed by atoms with Gasteiger partial charge in [0.15, 0.2) is 0 Å².